The summed E-state index contributed by atoms with van der Waals surface area (Å²) in [5.41, 5.74) is 2.86. The van der Waals surface area contributed by atoms with E-state index in [4.69, 9.17) is 0 Å². The minimum Gasteiger partial charge on any atom is -0.872 e. The molecule has 4 nitrogen and oxygen atoms in total. The van der Waals surface area contributed by atoms with E-state index in [-0.39, 0.29) is 28.3 Å². The molecule has 0 saturated heterocycles. The quantitative estimate of drug-likeness (QED) is 0.247. The van der Waals surface area contributed by atoms with E-state index < -0.39 is 0 Å². The molecule has 4 rings (SSSR count). The topological polar surface area (TPSA) is 70.8 Å². The predicted molar refractivity (Wildman–Crippen MR) is 135 cm³/mol. The van der Waals surface area contributed by atoms with Crippen molar-refractivity contribution in [3.05, 3.63) is 117 Å². The third-order valence-electron chi connectivity index (χ3n) is 4.20. The second kappa shape index (κ2) is 13.7. The van der Waals surface area contributed by atoms with E-state index in [1.807, 2.05) is 60.7 Å². The van der Waals surface area contributed by atoms with Crippen molar-refractivity contribution in [2.24, 2.45) is 9.98 Å². The van der Waals surface area contributed by atoms with Gasteiger partial charge in [-0.1, -0.05) is 80.4 Å². The Balaban J connectivity index is 0.000000227. The molecule has 0 heterocycles. The van der Waals surface area contributed by atoms with Crippen LogP contribution >= 0.6 is 31.9 Å². The van der Waals surface area contributed by atoms with Crippen LogP contribution in [0, 0.1) is 0 Å². The SMILES string of the molecule is [Co+2].[O-]c1ccccc1C=Nc1ccc(Br)cc1.[O-]c1ccccc1C=Nc1ccc(Br)cc1. The summed E-state index contributed by atoms with van der Waals surface area (Å²) in [7, 11) is 0. The second-order valence-corrected chi connectivity index (χ2v) is 8.38. The van der Waals surface area contributed by atoms with Gasteiger partial charge in [-0.2, -0.15) is 0 Å². The summed E-state index contributed by atoms with van der Waals surface area (Å²) in [4.78, 5) is 8.47. The number of rotatable bonds is 4. The Morgan fingerprint density at radius 1 is 0.515 bits per heavy atom. The minimum atomic E-state index is -0.0108. The molecule has 7 heteroatoms. The zero-order valence-corrected chi connectivity index (χ0v) is 21.4. The van der Waals surface area contributed by atoms with E-state index in [0.717, 1.165) is 20.3 Å². The van der Waals surface area contributed by atoms with Crippen molar-refractivity contribution < 1.29 is 27.0 Å². The van der Waals surface area contributed by atoms with Crippen molar-refractivity contribution in [3.8, 4) is 11.5 Å². The Hall–Kier alpha value is -2.71. The monoisotopic (exact) mass is 607 g/mol. The van der Waals surface area contributed by atoms with Gasteiger partial charge in [-0.15, -0.1) is 11.5 Å². The van der Waals surface area contributed by atoms with E-state index in [1.54, 1.807) is 36.7 Å². The average Bonchev–Trinajstić information content (AvgIpc) is 2.81. The second-order valence-electron chi connectivity index (χ2n) is 6.54. The maximum atomic E-state index is 11.4. The van der Waals surface area contributed by atoms with Gasteiger partial charge in [-0.3, -0.25) is 9.98 Å². The fraction of sp³-hybridized carbons (Fsp3) is 0. The predicted octanol–water partition coefficient (Wildman–Crippen LogP) is 6.54. The van der Waals surface area contributed by atoms with Crippen LogP contribution in [0.3, 0.4) is 0 Å². The molecule has 0 atom stereocenters. The number of hydrogen-bond donors (Lipinski definition) is 0. The van der Waals surface area contributed by atoms with Gasteiger partial charge in [0.05, 0.1) is 11.4 Å². The van der Waals surface area contributed by atoms with Crippen molar-refractivity contribution in [3.63, 3.8) is 0 Å². The number of halogens is 2. The van der Waals surface area contributed by atoms with Crippen LogP contribution in [0.25, 0.3) is 0 Å². The van der Waals surface area contributed by atoms with Crippen LogP contribution < -0.4 is 10.2 Å². The summed E-state index contributed by atoms with van der Waals surface area (Å²) < 4.78 is 2.02. The molecule has 0 fully saturated rings. The number of para-hydroxylation sites is 2. The Morgan fingerprint density at radius 3 is 1.18 bits per heavy atom. The van der Waals surface area contributed by atoms with E-state index in [1.165, 1.54) is 12.1 Å². The van der Waals surface area contributed by atoms with Crippen LogP contribution in [0.4, 0.5) is 11.4 Å². The first kappa shape index (κ1) is 26.5. The van der Waals surface area contributed by atoms with Gasteiger partial charge in [-0.25, -0.2) is 0 Å². The number of hydrogen-bond acceptors (Lipinski definition) is 4. The van der Waals surface area contributed by atoms with E-state index in [9.17, 15) is 10.2 Å². The molecule has 0 saturated carbocycles. The van der Waals surface area contributed by atoms with Crippen LogP contribution in [0.5, 0.6) is 11.5 Å². The zero-order valence-electron chi connectivity index (χ0n) is 17.2. The van der Waals surface area contributed by atoms with Crippen molar-refractivity contribution in [1.29, 1.82) is 0 Å². The average molecular weight is 609 g/mol. The van der Waals surface area contributed by atoms with Crippen LogP contribution in [0.2, 0.25) is 0 Å². The van der Waals surface area contributed by atoms with Crippen molar-refractivity contribution >= 4 is 55.7 Å². The molecule has 0 amide bonds. The van der Waals surface area contributed by atoms with Crippen LogP contribution in [0.1, 0.15) is 11.1 Å². The molecule has 33 heavy (non-hydrogen) atoms. The molecule has 167 valence electrons. The van der Waals surface area contributed by atoms with Gasteiger partial charge < -0.3 is 10.2 Å². The molecule has 0 aliphatic heterocycles. The summed E-state index contributed by atoms with van der Waals surface area (Å²) in [6.45, 7) is 0. The summed E-state index contributed by atoms with van der Waals surface area (Å²) in [5.74, 6) is -0.0216. The first-order valence-corrected chi connectivity index (χ1v) is 11.2. The number of aliphatic imine (C=N–C) groups is 2. The standard InChI is InChI=1S/2C13H10BrNO.Co/c2*14-11-5-7-12(8-6-11)15-9-10-3-1-2-4-13(10)16;/h2*1-9,16H;/q;;+2/p-2. The van der Waals surface area contributed by atoms with Gasteiger partial charge in [0, 0.05) is 21.4 Å². The fourth-order valence-corrected chi connectivity index (χ4v) is 3.05. The Labute approximate surface area is 220 Å². The van der Waals surface area contributed by atoms with Crippen LogP contribution in [0.15, 0.2) is 116 Å². The molecule has 0 aromatic heterocycles. The maximum Gasteiger partial charge on any atom is 2.00 e. The molecule has 0 aliphatic carbocycles. The molecule has 0 spiro atoms. The Kier molecular flexibility index (Phi) is 11.1. The Morgan fingerprint density at radius 2 is 0.848 bits per heavy atom. The molecule has 0 aliphatic rings. The largest absolute Gasteiger partial charge is 2.00 e. The van der Waals surface area contributed by atoms with Gasteiger partial charge in [0.2, 0.25) is 0 Å². The maximum absolute atomic E-state index is 11.4. The fourth-order valence-electron chi connectivity index (χ4n) is 2.52. The van der Waals surface area contributed by atoms with E-state index in [0.29, 0.717) is 11.1 Å². The van der Waals surface area contributed by atoms with Gasteiger partial charge in [0.25, 0.3) is 0 Å². The van der Waals surface area contributed by atoms with E-state index in [2.05, 4.69) is 41.8 Å². The summed E-state index contributed by atoms with van der Waals surface area (Å²) in [5, 5.41) is 22.8. The number of benzene rings is 4. The first-order valence-electron chi connectivity index (χ1n) is 9.62. The van der Waals surface area contributed by atoms with Crippen molar-refractivity contribution in [1.82, 2.24) is 0 Å². The summed E-state index contributed by atoms with van der Waals surface area (Å²) >= 11 is 6.70. The van der Waals surface area contributed by atoms with Gasteiger partial charge >= 0.3 is 16.8 Å². The Bertz CT molecular complexity index is 1110. The smallest absolute Gasteiger partial charge is 0.872 e. The molecular weight excluding hydrogens is 591 g/mol. The van der Waals surface area contributed by atoms with Gasteiger partial charge in [-0.05, 0) is 59.7 Å². The minimum absolute atomic E-state index is 0. The third kappa shape index (κ3) is 8.98. The molecule has 1 radical (unpaired) electrons. The van der Waals surface area contributed by atoms with Gasteiger partial charge in [0.15, 0.2) is 0 Å². The molecule has 4 aromatic rings. The van der Waals surface area contributed by atoms with Gasteiger partial charge in [0.1, 0.15) is 0 Å². The molecular formula is C26H18Br2CoN2O2. The molecule has 4 aromatic carbocycles. The summed E-state index contributed by atoms with van der Waals surface area (Å²) in [6, 6.07) is 28.8. The molecule has 0 unspecified atom stereocenters. The first-order chi connectivity index (χ1) is 15.5. The third-order valence-corrected chi connectivity index (χ3v) is 5.25. The number of nitrogens with zero attached hydrogens (tertiary/aromatic N) is 2. The molecule has 0 bridgehead atoms. The summed E-state index contributed by atoms with van der Waals surface area (Å²) in [6.07, 6.45) is 3.18. The molecule has 0 N–H and O–H groups in total. The van der Waals surface area contributed by atoms with Crippen LogP contribution in [-0.2, 0) is 16.8 Å². The normalized spacial score (nSPS) is 10.5. The van der Waals surface area contributed by atoms with Crippen molar-refractivity contribution in [2.45, 2.75) is 0 Å². The van der Waals surface area contributed by atoms with E-state index >= 15 is 0 Å². The van der Waals surface area contributed by atoms with Crippen molar-refractivity contribution in [2.75, 3.05) is 0 Å². The van der Waals surface area contributed by atoms with Crippen LogP contribution in [-0.4, -0.2) is 12.4 Å². The zero-order chi connectivity index (χ0) is 22.8.